The van der Waals surface area contributed by atoms with Crippen LogP contribution in [0, 0.1) is 0 Å². The molecule has 3 rings (SSSR count). The van der Waals surface area contributed by atoms with Crippen LogP contribution in [0.3, 0.4) is 0 Å². The molecule has 1 aromatic heterocycles. The van der Waals surface area contributed by atoms with Gasteiger partial charge >= 0.3 is 0 Å². The Morgan fingerprint density at radius 1 is 1.20 bits per heavy atom. The number of aromatic nitrogens is 1. The molecule has 1 aliphatic carbocycles. The zero-order valence-electron chi connectivity index (χ0n) is 11.8. The quantitative estimate of drug-likeness (QED) is 0.904. The first kappa shape index (κ1) is 13.1. The average Bonchev–Trinajstić information content (AvgIpc) is 2.47. The molecule has 1 saturated carbocycles. The fourth-order valence-corrected chi connectivity index (χ4v) is 2.81. The first-order chi connectivity index (χ1) is 9.86. The van der Waals surface area contributed by atoms with E-state index in [9.17, 15) is 0 Å². The molecule has 0 atom stereocenters. The van der Waals surface area contributed by atoms with Gasteiger partial charge in [-0.25, -0.2) is 0 Å². The zero-order valence-corrected chi connectivity index (χ0v) is 11.8. The van der Waals surface area contributed by atoms with E-state index in [1.54, 1.807) is 7.11 Å². The van der Waals surface area contributed by atoms with Gasteiger partial charge in [-0.2, -0.15) is 0 Å². The summed E-state index contributed by atoms with van der Waals surface area (Å²) >= 11 is 0. The maximum Gasteiger partial charge on any atom is 0.122 e. The van der Waals surface area contributed by atoms with Crippen LogP contribution in [0.15, 0.2) is 48.8 Å². The molecule has 1 fully saturated rings. The van der Waals surface area contributed by atoms with Crippen LogP contribution >= 0.6 is 0 Å². The molecule has 104 valence electrons. The van der Waals surface area contributed by atoms with Crippen LogP contribution in [-0.4, -0.2) is 18.1 Å². The van der Waals surface area contributed by atoms with Gasteiger partial charge in [-0.05, 0) is 42.0 Å². The Bertz CT molecular complexity index is 550. The Kier molecular flexibility index (Phi) is 3.97. The summed E-state index contributed by atoms with van der Waals surface area (Å²) in [6.45, 7) is 0.900. The fraction of sp³-hybridized carbons (Fsp3) is 0.353. The van der Waals surface area contributed by atoms with E-state index in [1.807, 2.05) is 30.6 Å². The molecule has 20 heavy (non-hydrogen) atoms. The summed E-state index contributed by atoms with van der Waals surface area (Å²) in [5.74, 6) is 1.64. The van der Waals surface area contributed by atoms with Gasteiger partial charge in [0.25, 0.3) is 0 Å². The summed E-state index contributed by atoms with van der Waals surface area (Å²) in [6, 6.07) is 13.0. The number of benzene rings is 1. The van der Waals surface area contributed by atoms with Crippen molar-refractivity contribution in [2.45, 2.75) is 31.3 Å². The van der Waals surface area contributed by atoms with Gasteiger partial charge in [-0.1, -0.05) is 24.3 Å². The number of nitrogens with zero attached hydrogens (tertiary/aromatic N) is 1. The maximum absolute atomic E-state index is 5.44. The first-order valence-corrected chi connectivity index (χ1v) is 7.12. The largest absolute Gasteiger partial charge is 0.496 e. The number of nitrogens with one attached hydrogen (secondary N) is 1. The fourth-order valence-electron chi connectivity index (χ4n) is 2.81. The van der Waals surface area contributed by atoms with Crippen LogP contribution in [0.4, 0.5) is 0 Å². The van der Waals surface area contributed by atoms with E-state index < -0.39 is 0 Å². The van der Waals surface area contributed by atoms with E-state index in [4.69, 9.17) is 4.74 Å². The second-order valence-corrected chi connectivity index (χ2v) is 5.35. The van der Waals surface area contributed by atoms with E-state index in [-0.39, 0.29) is 0 Å². The third-order valence-corrected chi connectivity index (χ3v) is 4.03. The molecule has 0 bridgehead atoms. The van der Waals surface area contributed by atoms with Crippen LogP contribution in [0.5, 0.6) is 5.75 Å². The number of hydrogen-bond acceptors (Lipinski definition) is 3. The van der Waals surface area contributed by atoms with Gasteiger partial charge in [0.15, 0.2) is 0 Å². The van der Waals surface area contributed by atoms with E-state index in [1.165, 1.54) is 24.0 Å². The summed E-state index contributed by atoms with van der Waals surface area (Å²) in [7, 11) is 1.75. The molecule has 1 aromatic carbocycles. The molecule has 3 heteroatoms. The molecule has 1 heterocycles. The molecule has 1 N–H and O–H groups in total. The summed E-state index contributed by atoms with van der Waals surface area (Å²) in [4.78, 5) is 4.14. The van der Waals surface area contributed by atoms with Gasteiger partial charge < -0.3 is 10.1 Å². The van der Waals surface area contributed by atoms with Crippen molar-refractivity contribution in [1.82, 2.24) is 10.3 Å². The predicted octanol–water partition coefficient (Wildman–Crippen LogP) is 3.13. The number of pyridine rings is 1. The minimum Gasteiger partial charge on any atom is -0.496 e. The normalized spacial score (nSPS) is 21.2. The summed E-state index contributed by atoms with van der Waals surface area (Å²) in [5, 5.41) is 3.59. The van der Waals surface area contributed by atoms with Crippen molar-refractivity contribution in [2.24, 2.45) is 0 Å². The highest BCUT2D eigenvalue weighted by Crippen LogP contribution is 2.40. The van der Waals surface area contributed by atoms with Crippen molar-refractivity contribution in [3.8, 4) is 5.75 Å². The van der Waals surface area contributed by atoms with Crippen molar-refractivity contribution >= 4 is 0 Å². The molecule has 1 aliphatic rings. The molecule has 0 amide bonds. The molecule has 2 aromatic rings. The topological polar surface area (TPSA) is 34.1 Å². The van der Waals surface area contributed by atoms with Crippen LogP contribution < -0.4 is 10.1 Å². The Morgan fingerprint density at radius 2 is 2.05 bits per heavy atom. The minimum atomic E-state index is 0.602. The van der Waals surface area contributed by atoms with Gasteiger partial charge in [-0.15, -0.1) is 0 Å². The number of methoxy groups -OCH3 is 1. The van der Waals surface area contributed by atoms with E-state index in [0.29, 0.717) is 12.0 Å². The van der Waals surface area contributed by atoms with Gasteiger partial charge in [0.05, 0.1) is 7.11 Å². The van der Waals surface area contributed by atoms with Crippen LogP contribution in [0.1, 0.15) is 29.9 Å². The maximum atomic E-state index is 5.44. The average molecular weight is 268 g/mol. The summed E-state index contributed by atoms with van der Waals surface area (Å²) in [5.41, 5.74) is 2.59. The highest BCUT2D eigenvalue weighted by molar-refractivity contribution is 5.37. The van der Waals surface area contributed by atoms with Gasteiger partial charge in [0.2, 0.25) is 0 Å². The van der Waals surface area contributed by atoms with Crippen molar-refractivity contribution in [3.63, 3.8) is 0 Å². The van der Waals surface area contributed by atoms with E-state index in [2.05, 4.69) is 28.5 Å². The van der Waals surface area contributed by atoms with Gasteiger partial charge in [0.1, 0.15) is 5.75 Å². The molecular formula is C17H20N2O. The van der Waals surface area contributed by atoms with E-state index >= 15 is 0 Å². The molecule has 0 saturated heterocycles. The zero-order chi connectivity index (χ0) is 13.8. The third kappa shape index (κ3) is 2.83. The second kappa shape index (κ2) is 6.06. The van der Waals surface area contributed by atoms with Crippen molar-refractivity contribution in [3.05, 3.63) is 59.9 Å². The Balaban J connectivity index is 1.51. The highest BCUT2D eigenvalue weighted by Gasteiger charge is 2.31. The van der Waals surface area contributed by atoms with Gasteiger partial charge in [-0.3, -0.25) is 4.98 Å². The molecule has 0 aliphatic heterocycles. The smallest absolute Gasteiger partial charge is 0.122 e. The number of hydrogen-bond donors (Lipinski definition) is 1. The van der Waals surface area contributed by atoms with Crippen LogP contribution in [0.25, 0.3) is 0 Å². The van der Waals surface area contributed by atoms with E-state index in [0.717, 1.165) is 12.3 Å². The molecule has 0 radical (unpaired) electrons. The SMILES string of the molecule is COc1ccccc1C1CC(NCc2cccnc2)C1. The molecule has 3 nitrogen and oxygen atoms in total. The highest BCUT2D eigenvalue weighted by atomic mass is 16.5. The predicted molar refractivity (Wildman–Crippen MR) is 79.8 cm³/mol. The van der Waals surface area contributed by atoms with Gasteiger partial charge in [0, 0.05) is 25.0 Å². The molecular weight excluding hydrogens is 248 g/mol. The van der Waals surface area contributed by atoms with Crippen molar-refractivity contribution < 1.29 is 4.74 Å². The minimum absolute atomic E-state index is 0.602. The van der Waals surface area contributed by atoms with Crippen molar-refractivity contribution in [1.29, 1.82) is 0 Å². The first-order valence-electron chi connectivity index (χ1n) is 7.12. The Labute approximate surface area is 120 Å². The van der Waals surface area contributed by atoms with Crippen LogP contribution in [-0.2, 0) is 6.54 Å². The standard InChI is InChI=1S/C17H20N2O/c1-20-17-7-3-2-6-16(17)14-9-15(10-14)19-12-13-5-4-8-18-11-13/h2-8,11,14-15,19H,9-10,12H2,1H3. The Hall–Kier alpha value is -1.87. The number of para-hydroxylation sites is 1. The Morgan fingerprint density at radius 3 is 2.80 bits per heavy atom. The lowest BCUT2D eigenvalue weighted by molar-refractivity contribution is 0.282. The lowest BCUT2D eigenvalue weighted by atomic mass is 9.75. The lowest BCUT2D eigenvalue weighted by Gasteiger charge is -2.37. The lowest BCUT2D eigenvalue weighted by Crippen LogP contribution is -2.39. The van der Waals surface area contributed by atoms with Crippen LogP contribution in [0.2, 0.25) is 0 Å². The molecule has 0 unspecified atom stereocenters. The summed E-state index contributed by atoms with van der Waals surface area (Å²) < 4.78 is 5.44. The number of ether oxygens (including phenoxy) is 1. The monoisotopic (exact) mass is 268 g/mol. The molecule has 0 spiro atoms. The number of rotatable bonds is 5. The van der Waals surface area contributed by atoms with Crippen molar-refractivity contribution in [2.75, 3.05) is 7.11 Å². The second-order valence-electron chi connectivity index (χ2n) is 5.35. The summed E-state index contributed by atoms with van der Waals surface area (Å²) in [6.07, 6.45) is 6.09. The third-order valence-electron chi connectivity index (χ3n) is 4.03.